The molecule has 1 aliphatic heterocycles. The maximum Gasteiger partial charge on any atom is 0.324 e. The molecule has 1 aliphatic carbocycles. The summed E-state index contributed by atoms with van der Waals surface area (Å²) in [6.45, 7) is 1.72. The Morgan fingerprint density at radius 1 is 1.32 bits per heavy atom. The average molecular weight is 345 g/mol. The monoisotopic (exact) mass is 345 g/mol. The minimum atomic E-state index is -0.0156. The van der Waals surface area contributed by atoms with E-state index < -0.39 is 0 Å². The first kappa shape index (κ1) is 16.3. The Morgan fingerprint density at radius 2 is 2.20 bits per heavy atom. The van der Waals surface area contributed by atoms with Crippen molar-refractivity contribution in [1.29, 1.82) is 0 Å². The first-order chi connectivity index (χ1) is 12.2. The second-order valence-electron chi connectivity index (χ2n) is 6.76. The van der Waals surface area contributed by atoms with Gasteiger partial charge in [-0.25, -0.2) is 4.68 Å². The molecule has 134 valence electrons. The maximum atomic E-state index is 12.4. The summed E-state index contributed by atoms with van der Waals surface area (Å²) in [6.07, 6.45) is 6.25. The molecular formula is C17H23N5O3. The quantitative estimate of drug-likeness (QED) is 0.808. The molecule has 0 saturated carbocycles. The fourth-order valence-corrected chi connectivity index (χ4v) is 3.76. The van der Waals surface area contributed by atoms with Crippen LogP contribution in [-0.2, 0) is 30.7 Å². The van der Waals surface area contributed by atoms with Crippen LogP contribution in [0.15, 0.2) is 15.4 Å². The molecule has 0 spiro atoms. The molecule has 2 aromatic rings. The number of methoxy groups -OCH3 is 1. The van der Waals surface area contributed by atoms with Crippen molar-refractivity contribution in [2.75, 3.05) is 18.6 Å². The lowest BCUT2D eigenvalue weighted by atomic mass is 9.97. The summed E-state index contributed by atoms with van der Waals surface area (Å²) >= 11 is 0. The smallest absolute Gasteiger partial charge is 0.324 e. The van der Waals surface area contributed by atoms with Gasteiger partial charge >= 0.3 is 6.01 Å². The number of hydrogen-bond donors (Lipinski definition) is 0. The topological polar surface area (TPSA) is 86.3 Å². The van der Waals surface area contributed by atoms with E-state index in [1.54, 1.807) is 17.9 Å². The van der Waals surface area contributed by atoms with E-state index in [0.717, 1.165) is 56.3 Å². The van der Waals surface area contributed by atoms with Crippen molar-refractivity contribution in [3.63, 3.8) is 0 Å². The van der Waals surface area contributed by atoms with Crippen LogP contribution in [0.25, 0.3) is 0 Å². The molecule has 1 fully saturated rings. The Labute approximate surface area is 145 Å². The van der Waals surface area contributed by atoms with Crippen LogP contribution in [-0.4, -0.2) is 39.6 Å². The molecule has 1 saturated heterocycles. The lowest BCUT2D eigenvalue weighted by molar-refractivity contribution is 0.174. The fraction of sp³-hybridized carbons (Fsp3) is 0.647. The Balaban J connectivity index is 1.54. The van der Waals surface area contributed by atoms with Gasteiger partial charge in [0, 0.05) is 19.7 Å². The van der Waals surface area contributed by atoms with Gasteiger partial charge in [-0.3, -0.25) is 4.79 Å². The van der Waals surface area contributed by atoms with E-state index in [1.165, 1.54) is 0 Å². The third-order valence-electron chi connectivity index (χ3n) is 5.01. The van der Waals surface area contributed by atoms with Crippen LogP contribution < -0.4 is 10.5 Å². The predicted octanol–water partition coefficient (Wildman–Crippen LogP) is 1.32. The molecule has 0 bridgehead atoms. The number of anilines is 1. The van der Waals surface area contributed by atoms with Crippen LogP contribution in [0.4, 0.5) is 6.01 Å². The van der Waals surface area contributed by atoms with Gasteiger partial charge in [-0.15, -0.1) is 0 Å². The van der Waals surface area contributed by atoms with Gasteiger partial charge in [0.2, 0.25) is 0 Å². The minimum Gasteiger partial charge on any atom is -0.377 e. The van der Waals surface area contributed by atoms with Gasteiger partial charge in [0.15, 0.2) is 5.82 Å². The third-order valence-corrected chi connectivity index (χ3v) is 5.01. The number of ether oxygens (including phenoxy) is 1. The molecular weight excluding hydrogens is 322 g/mol. The number of aromatic nitrogens is 4. The summed E-state index contributed by atoms with van der Waals surface area (Å²) in [5.74, 6) is 0.534. The lowest BCUT2D eigenvalue weighted by Gasteiger charge is -2.23. The van der Waals surface area contributed by atoms with Gasteiger partial charge in [0.1, 0.15) is 6.61 Å². The van der Waals surface area contributed by atoms with Crippen molar-refractivity contribution in [3.05, 3.63) is 33.5 Å². The van der Waals surface area contributed by atoms with Crippen LogP contribution in [0.3, 0.4) is 0 Å². The number of nitrogens with zero attached hydrogens (tertiary/aromatic N) is 5. The lowest BCUT2D eigenvalue weighted by Crippen LogP contribution is -2.38. The van der Waals surface area contributed by atoms with E-state index >= 15 is 0 Å². The van der Waals surface area contributed by atoms with Crippen molar-refractivity contribution < 1.29 is 9.26 Å². The normalized spacial score (nSPS) is 20.0. The Hall–Kier alpha value is -2.22. The van der Waals surface area contributed by atoms with Crippen molar-refractivity contribution in [2.24, 2.45) is 0 Å². The van der Waals surface area contributed by atoms with E-state index in [2.05, 4.69) is 20.1 Å². The zero-order valence-corrected chi connectivity index (χ0v) is 14.5. The molecule has 3 heterocycles. The van der Waals surface area contributed by atoms with Gasteiger partial charge in [0.05, 0.1) is 18.3 Å². The molecule has 8 nitrogen and oxygen atoms in total. The molecule has 8 heteroatoms. The molecule has 1 unspecified atom stereocenters. The molecule has 0 amide bonds. The second-order valence-corrected chi connectivity index (χ2v) is 6.76. The highest BCUT2D eigenvalue weighted by Gasteiger charge is 2.30. The summed E-state index contributed by atoms with van der Waals surface area (Å²) in [5.41, 5.74) is 2.19. The highest BCUT2D eigenvalue weighted by molar-refractivity contribution is 5.29. The summed E-state index contributed by atoms with van der Waals surface area (Å²) in [5, 5.41) is 8.56. The minimum absolute atomic E-state index is 0.0156. The highest BCUT2D eigenvalue weighted by atomic mass is 16.5. The molecule has 2 aliphatic rings. The van der Waals surface area contributed by atoms with Crippen LogP contribution in [0.2, 0.25) is 0 Å². The third kappa shape index (κ3) is 3.30. The molecule has 0 aromatic carbocycles. The molecule has 0 N–H and O–H groups in total. The number of rotatable bonds is 5. The predicted molar refractivity (Wildman–Crippen MR) is 90.5 cm³/mol. The molecule has 25 heavy (non-hydrogen) atoms. The Kier molecular flexibility index (Phi) is 4.52. The van der Waals surface area contributed by atoms with Crippen LogP contribution in [0, 0.1) is 0 Å². The first-order valence-electron chi connectivity index (χ1n) is 8.92. The van der Waals surface area contributed by atoms with Crippen molar-refractivity contribution in [2.45, 2.75) is 57.7 Å². The zero-order valence-electron chi connectivity index (χ0n) is 14.5. The number of aryl methyl sites for hydroxylation is 2. The molecule has 0 radical (unpaired) electrons. The van der Waals surface area contributed by atoms with Crippen LogP contribution in [0.1, 0.15) is 42.8 Å². The molecule has 2 aromatic heterocycles. The van der Waals surface area contributed by atoms with Gasteiger partial charge < -0.3 is 14.2 Å². The van der Waals surface area contributed by atoms with Gasteiger partial charge in [-0.2, -0.15) is 10.1 Å². The van der Waals surface area contributed by atoms with E-state index in [0.29, 0.717) is 25.0 Å². The van der Waals surface area contributed by atoms with Crippen molar-refractivity contribution in [1.82, 2.24) is 19.9 Å². The Morgan fingerprint density at radius 3 is 3.08 bits per heavy atom. The summed E-state index contributed by atoms with van der Waals surface area (Å²) in [6, 6.07) is 2.41. The van der Waals surface area contributed by atoms with Gasteiger partial charge in [-0.1, -0.05) is 5.16 Å². The number of fused-ring (bicyclic) bond motifs is 1. The van der Waals surface area contributed by atoms with E-state index in [1.807, 2.05) is 0 Å². The highest BCUT2D eigenvalue weighted by Crippen LogP contribution is 2.25. The van der Waals surface area contributed by atoms with E-state index in [4.69, 9.17) is 9.26 Å². The van der Waals surface area contributed by atoms with Crippen LogP contribution in [0.5, 0.6) is 0 Å². The van der Waals surface area contributed by atoms with Gasteiger partial charge in [-0.05, 0) is 44.1 Å². The summed E-state index contributed by atoms with van der Waals surface area (Å²) in [4.78, 5) is 18.9. The zero-order chi connectivity index (χ0) is 17.2. The second kappa shape index (κ2) is 6.95. The molecule has 4 rings (SSSR count). The van der Waals surface area contributed by atoms with E-state index in [9.17, 15) is 4.79 Å². The van der Waals surface area contributed by atoms with Crippen LogP contribution >= 0.6 is 0 Å². The Bertz CT molecular complexity index is 800. The fourth-order valence-electron chi connectivity index (χ4n) is 3.76. The SMILES string of the molecule is COCc1noc(N2CCCC2Cn2nc3c(cc2=O)CCCC3)n1. The molecule has 1 atom stereocenters. The van der Waals surface area contributed by atoms with Crippen molar-refractivity contribution >= 4 is 6.01 Å². The van der Waals surface area contributed by atoms with E-state index in [-0.39, 0.29) is 11.6 Å². The largest absolute Gasteiger partial charge is 0.377 e. The summed E-state index contributed by atoms with van der Waals surface area (Å²) in [7, 11) is 1.60. The number of hydrogen-bond acceptors (Lipinski definition) is 7. The standard InChI is InChI=1S/C17H23N5O3/c1-24-11-15-18-17(25-20-15)21-8-4-6-13(21)10-22-16(23)9-12-5-2-3-7-14(12)19-22/h9,13H,2-8,10-11H2,1H3. The summed E-state index contributed by atoms with van der Waals surface area (Å²) < 4.78 is 12.0. The average Bonchev–Trinajstić information content (AvgIpc) is 3.25. The van der Waals surface area contributed by atoms with Gasteiger partial charge in [0.25, 0.3) is 5.56 Å². The van der Waals surface area contributed by atoms with Crippen molar-refractivity contribution in [3.8, 4) is 0 Å². The maximum absolute atomic E-state index is 12.4. The first-order valence-corrected chi connectivity index (χ1v) is 8.92.